The summed E-state index contributed by atoms with van der Waals surface area (Å²) in [6, 6.07) is 18.2. The molecule has 0 radical (unpaired) electrons. The predicted molar refractivity (Wildman–Crippen MR) is 115 cm³/mol. The van der Waals surface area contributed by atoms with E-state index < -0.39 is 0 Å². The van der Waals surface area contributed by atoms with E-state index in [4.69, 9.17) is 9.84 Å². The van der Waals surface area contributed by atoms with E-state index in [1.165, 1.54) is 5.56 Å². The van der Waals surface area contributed by atoms with Gasteiger partial charge in [-0.2, -0.15) is 5.10 Å². The minimum Gasteiger partial charge on any atom is -0.383 e. The summed E-state index contributed by atoms with van der Waals surface area (Å²) in [7, 11) is 1.67. The van der Waals surface area contributed by atoms with E-state index in [-0.39, 0.29) is 5.91 Å². The van der Waals surface area contributed by atoms with Crippen LogP contribution in [0.1, 0.15) is 21.5 Å². The van der Waals surface area contributed by atoms with E-state index in [2.05, 4.69) is 22.8 Å². The first-order valence-electron chi connectivity index (χ1n) is 9.83. The van der Waals surface area contributed by atoms with Gasteiger partial charge in [-0.3, -0.25) is 9.48 Å². The fourth-order valence-corrected chi connectivity index (χ4v) is 3.02. The molecular weight excluding hydrogens is 364 g/mol. The topological polar surface area (TPSA) is 68.2 Å². The number of nitrogens with one attached hydrogen (secondary N) is 2. The van der Waals surface area contributed by atoms with Crippen molar-refractivity contribution in [3.8, 4) is 11.3 Å². The Morgan fingerprint density at radius 3 is 2.52 bits per heavy atom. The van der Waals surface area contributed by atoms with Crippen LogP contribution in [-0.2, 0) is 11.3 Å². The van der Waals surface area contributed by atoms with E-state index in [1.807, 2.05) is 60.3 Å². The quantitative estimate of drug-likeness (QED) is 0.521. The largest absolute Gasteiger partial charge is 0.383 e. The van der Waals surface area contributed by atoms with E-state index in [9.17, 15) is 4.79 Å². The number of benzene rings is 2. The fraction of sp³-hybridized carbons (Fsp3) is 0.304. The van der Waals surface area contributed by atoms with Crippen LogP contribution in [-0.4, -0.2) is 49.0 Å². The molecule has 2 N–H and O–H groups in total. The maximum absolute atomic E-state index is 12.8. The van der Waals surface area contributed by atoms with E-state index in [0.29, 0.717) is 37.5 Å². The average molecular weight is 393 g/mol. The molecule has 0 aliphatic rings. The smallest absolute Gasteiger partial charge is 0.255 e. The molecule has 29 heavy (non-hydrogen) atoms. The molecule has 0 spiro atoms. The standard InChI is InChI=1S/C23H28N4O2/c1-18-8-10-20(11-9-18)22-21(23(28)25-13-12-24-14-15-29-2)17-27(26-22)16-19-6-4-3-5-7-19/h3-11,17,24H,12-16H2,1-2H3,(H,25,28). The molecule has 0 unspecified atom stereocenters. The Bertz CT molecular complexity index is 904. The van der Waals surface area contributed by atoms with Crippen LogP contribution in [0.15, 0.2) is 60.8 Å². The number of rotatable bonds is 10. The summed E-state index contributed by atoms with van der Waals surface area (Å²) < 4.78 is 6.83. The highest BCUT2D eigenvalue weighted by Crippen LogP contribution is 2.23. The third kappa shape index (κ3) is 6.01. The van der Waals surface area contributed by atoms with Gasteiger partial charge in [0.2, 0.25) is 0 Å². The van der Waals surface area contributed by atoms with Crippen molar-refractivity contribution >= 4 is 5.91 Å². The number of carbonyl (C=O) groups excluding carboxylic acids is 1. The van der Waals surface area contributed by atoms with Crippen molar-refractivity contribution in [1.29, 1.82) is 0 Å². The highest BCUT2D eigenvalue weighted by Gasteiger charge is 2.18. The lowest BCUT2D eigenvalue weighted by atomic mass is 10.1. The number of hydrogen-bond acceptors (Lipinski definition) is 4. The molecule has 6 heteroatoms. The van der Waals surface area contributed by atoms with Gasteiger partial charge in [0.05, 0.1) is 18.7 Å². The van der Waals surface area contributed by atoms with Gasteiger partial charge in [-0.1, -0.05) is 60.2 Å². The summed E-state index contributed by atoms with van der Waals surface area (Å²) in [6.07, 6.45) is 1.83. The summed E-state index contributed by atoms with van der Waals surface area (Å²) in [5, 5.41) is 10.9. The first-order chi connectivity index (χ1) is 14.2. The van der Waals surface area contributed by atoms with Gasteiger partial charge in [0, 0.05) is 38.5 Å². The number of amides is 1. The van der Waals surface area contributed by atoms with Crippen molar-refractivity contribution in [2.75, 3.05) is 33.4 Å². The lowest BCUT2D eigenvalue weighted by molar-refractivity contribution is 0.0954. The van der Waals surface area contributed by atoms with Crippen LogP contribution in [0.5, 0.6) is 0 Å². The second kappa shape index (κ2) is 10.5. The van der Waals surface area contributed by atoms with Crippen molar-refractivity contribution in [1.82, 2.24) is 20.4 Å². The third-order valence-electron chi connectivity index (χ3n) is 4.59. The van der Waals surface area contributed by atoms with Crippen LogP contribution in [0, 0.1) is 6.92 Å². The van der Waals surface area contributed by atoms with Crippen molar-refractivity contribution in [3.05, 3.63) is 77.5 Å². The maximum Gasteiger partial charge on any atom is 0.255 e. The number of methoxy groups -OCH3 is 1. The summed E-state index contributed by atoms with van der Waals surface area (Å²) in [6.45, 7) is 5.30. The van der Waals surface area contributed by atoms with Crippen LogP contribution in [0.25, 0.3) is 11.3 Å². The highest BCUT2D eigenvalue weighted by molar-refractivity contribution is 5.99. The van der Waals surface area contributed by atoms with Crippen molar-refractivity contribution < 1.29 is 9.53 Å². The fourth-order valence-electron chi connectivity index (χ4n) is 3.02. The molecule has 0 aliphatic heterocycles. The van der Waals surface area contributed by atoms with Gasteiger partial charge >= 0.3 is 0 Å². The Hall–Kier alpha value is -2.96. The maximum atomic E-state index is 12.8. The normalized spacial score (nSPS) is 10.8. The second-order valence-corrected chi connectivity index (χ2v) is 6.94. The van der Waals surface area contributed by atoms with Gasteiger partial charge in [-0.25, -0.2) is 0 Å². The van der Waals surface area contributed by atoms with E-state index in [0.717, 1.165) is 17.7 Å². The lowest BCUT2D eigenvalue weighted by Crippen LogP contribution is -2.33. The average Bonchev–Trinajstić information content (AvgIpc) is 3.15. The van der Waals surface area contributed by atoms with E-state index in [1.54, 1.807) is 7.11 Å². The summed E-state index contributed by atoms with van der Waals surface area (Å²) in [5.74, 6) is -0.117. The van der Waals surface area contributed by atoms with Gasteiger partial charge in [-0.15, -0.1) is 0 Å². The molecule has 152 valence electrons. The van der Waals surface area contributed by atoms with Crippen LogP contribution in [0.2, 0.25) is 0 Å². The van der Waals surface area contributed by atoms with Crippen LogP contribution >= 0.6 is 0 Å². The predicted octanol–water partition coefficient (Wildman–Crippen LogP) is 2.87. The molecule has 2 aromatic carbocycles. The Kier molecular flexibility index (Phi) is 7.55. The summed E-state index contributed by atoms with van der Waals surface area (Å²) in [5.41, 5.74) is 4.53. The molecule has 1 amide bonds. The SMILES string of the molecule is COCCNCCNC(=O)c1cn(Cc2ccccc2)nc1-c1ccc(C)cc1. The van der Waals surface area contributed by atoms with Crippen molar-refractivity contribution in [3.63, 3.8) is 0 Å². The van der Waals surface area contributed by atoms with Crippen molar-refractivity contribution in [2.45, 2.75) is 13.5 Å². The van der Waals surface area contributed by atoms with Gasteiger partial charge in [-0.05, 0) is 12.5 Å². The Morgan fingerprint density at radius 1 is 1.03 bits per heavy atom. The zero-order chi connectivity index (χ0) is 20.5. The van der Waals surface area contributed by atoms with Crippen LogP contribution in [0.3, 0.4) is 0 Å². The first kappa shape index (κ1) is 20.8. The molecule has 3 aromatic rings. The monoisotopic (exact) mass is 392 g/mol. The molecule has 0 fully saturated rings. The number of carbonyl (C=O) groups is 1. The molecule has 1 aromatic heterocycles. The van der Waals surface area contributed by atoms with Crippen LogP contribution < -0.4 is 10.6 Å². The Morgan fingerprint density at radius 2 is 1.79 bits per heavy atom. The van der Waals surface area contributed by atoms with E-state index >= 15 is 0 Å². The Labute approximate surface area is 171 Å². The highest BCUT2D eigenvalue weighted by atomic mass is 16.5. The second-order valence-electron chi connectivity index (χ2n) is 6.94. The number of aromatic nitrogens is 2. The first-order valence-corrected chi connectivity index (χ1v) is 9.83. The summed E-state index contributed by atoms with van der Waals surface area (Å²) >= 11 is 0. The molecule has 0 saturated carbocycles. The van der Waals surface area contributed by atoms with Crippen LogP contribution in [0.4, 0.5) is 0 Å². The number of ether oxygens (including phenoxy) is 1. The molecule has 0 bridgehead atoms. The Balaban J connectivity index is 1.76. The molecule has 0 aliphatic carbocycles. The zero-order valence-corrected chi connectivity index (χ0v) is 17.0. The zero-order valence-electron chi connectivity index (χ0n) is 17.0. The minimum atomic E-state index is -0.117. The molecule has 3 rings (SSSR count). The van der Waals surface area contributed by atoms with Gasteiger partial charge in [0.25, 0.3) is 5.91 Å². The third-order valence-corrected chi connectivity index (χ3v) is 4.59. The van der Waals surface area contributed by atoms with Crippen molar-refractivity contribution in [2.24, 2.45) is 0 Å². The molecule has 6 nitrogen and oxygen atoms in total. The molecule has 0 saturated heterocycles. The minimum absolute atomic E-state index is 0.117. The van der Waals surface area contributed by atoms with Gasteiger partial charge in [0.15, 0.2) is 0 Å². The lowest BCUT2D eigenvalue weighted by Gasteiger charge is -2.07. The summed E-state index contributed by atoms with van der Waals surface area (Å²) in [4.78, 5) is 12.8. The molecular formula is C23H28N4O2. The molecule has 1 heterocycles. The number of hydrogen-bond donors (Lipinski definition) is 2. The van der Waals surface area contributed by atoms with Gasteiger partial charge < -0.3 is 15.4 Å². The van der Waals surface area contributed by atoms with Gasteiger partial charge in [0.1, 0.15) is 5.69 Å². The number of nitrogens with zero attached hydrogens (tertiary/aromatic N) is 2. The number of aryl methyl sites for hydroxylation is 1. The molecule has 0 atom stereocenters.